The first-order chi connectivity index (χ1) is 34.8. The van der Waals surface area contributed by atoms with Crippen molar-refractivity contribution in [3.05, 3.63) is 48.6 Å². The van der Waals surface area contributed by atoms with Crippen molar-refractivity contribution in [2.24, 2.45) is 0 Å². The van der Waals surface area contributed by atoms with E-state index in [2.05, 4.69) is 0 Å². The summed E-state index contributed by atoms with van der Waals surface area (Å²) < 4.78 is 44.5. The van der Waals surface area contributed by atoms with Crippen LogP contribution in [0.2, 0.25) is 0 Å². The van der Waals surface area contributed by atoms with Crippen LogP contribution in [0.1, 0.15) is 232 Å². The van der Waals surface area contributed by atoms with Crippen LogP contribution in [0.15, 0.2) is 48.6 Å². The Balaban J connectivity index is 4.12. The first-order valence-electron chi connectivity index (χ1n) is 28.5. The van der Waals surface area contributed by atoms with Crippen molar-refractivity contribution < 1.29 is 61.1 Å². The van der Waals surface area contributed by atoms with Gasteiger partial charge in [0.2, 0.25) is 0 Å². The van der Waals surface area contributed by atoms with Gasteiger partial charge in [0, 0.05) is 25.0 Å². The third-order valence-electron chi connectivity index (χ3n) is 12.3. The molecule has 0 heterocycles. The van der Waals surface area contributed by atoms with E-state index in [1.54, 1.807) is 12.2 Å². The number of unbranched alkanes of at least 4 members (excludes halogenated alkanes) is 30. The lowest BCUT2D eigenvalue weighted by atomic mass is 10.0. The van der Waals surface area contributed by atoms with Crippen molar-refractivity contribution in [1.29, 1.82) is 0 Å². The highest BCUT2D eigenvalue weighted by molar-refractivity contribution is 7.45. The second kappa shape index (κ2) is 50.1. The maximum atomic E-state index is 12.8. The Kier molecular flexibility index (Phi) is 47.9. The molecule has 0 spiro atoms. The van der Waals surface area contributed by atoms with E-state index < -0.39 is 32.5 Å². The largest absolute Gasteiger partial charge is 0.756 e. The monoisotopic (exact) mass is 1040 g/mol. The summed E-state index contributed by atoms with van der Waals surface area (Å²) in [6.07, 6.45) is 49.7. The van der Waals surface area contributed by atoms with Crippen molar-refractivity contribution in [1.82, 2.24) is 0 Å². The van der Waals surface area contributed by atoms with Crippen LogP contribution >= 0.6 is 7.82 Å². The predicted molar refractivity (Wildman–Crippen MR) is 290 cm³/mol. The van der Waals surface area contributed by atoms with Crippen LogP contribution in [0.25, 0.3) is 0 Å². The topological polar surface area (TPSA) is 164 Å². The Bertz CT molecular complexity index is 1490. The summed E-state index contributed by atoms with van der Waals surface area (Å²) in [6.45, 7) is 4.44. The lowest BCUT2D eigenvalue weighted by molar-refractivity contribution is -0.870. The van der Waals surface area contributed by atoms with Crippen LogP contribution in [0.5, 0.6) is 0 Å². The molecule has 72 heavy (non-hydrogen) atoms. The van der Waals surface area contributed by atoms with E-state index in [-0.39, 0.29) is 38.0 Å². The van der Waals surface area contributed by atoms with Gasteiger partial charge in [-0.05, 0) is 39.5 Å². The fourth-order valence-electron chi connectivity index (χ4n) is 7.88. The fraction of sp³-hybridized carbons (Fsp3) is 0.793. The average molecular weight is 1040 g/mol. The summed E-state index contributed by atoms with van der Waals surface area (Å²) in [6, 6.07) is 0. The number of rotatable bonds is 52. The lowest BCUT2D eigenvalue weighted by Gasteiger charge is -2.28. The van der Waals surface area contributed by atoms with Crippen molar-refractivity contribution in [3.8, 4) is 0 Å². The van der Waals surface area contributed by atoms with Gasteiger partial charge in [-0.1, -0.05) is 216 Å². The van der Waals surface area contributed by atoms with Gasteiger partial charge in [-0.25, -0.2) is 9.59 Å². The van der Waals surface area contributed by atoms with E-state index in [0.29, 0.717) is 37.1 Å². The summed E-state index contributed by atoms with van der Waals surface area (Å²) in [7, 11) is 1.11. The Morgan fingerprint density at radius 2 is 0.764 bits per heavy atom. The summed E-state index contributed by atoms with van der Waals surface area (Å²) in [4.78, 5) is 60.9. The molecular formula is C58H104NO12P. The van der Waals surface area contributed by atoms with Gasteiger partial charge in [0.25, 0.3) is 7.82 Å². The van der Waals surface area contributed by atoms with Gasteiger partial charge < -0.3 is 37.4 Å². The number of allylic oxidation sites excluding steroid dienone is 6. The molecule has 1 unspecified atom stereocenters. The van der Waals surface area contributed by atoms with Gasteiger partial charge >= 0.3 is 23.9 Å². The van der Waals surface area contributed by atoms with Crippen LogP contribution in [0, 0.1) is 0 Å². The zero-order chi connectivity index (χ0) is 53.1. The summed E-state index contributed by atoms with van der Waals surface area (Å²) in [5, 5.41) is 0. The highest BCUT2D eigenvalue weighted by Crippen LogP contribution is 2.38. The Morgan fingerprint density at radius 3 is 1.11 bits per heavy atom. The van der Waals surface area contributed by atoms with Gasteiger partial charge in [-0.3, -0.25) is 14.2 Å². The summed E-state index contributed by atoms with van der Waals surface area (Å²) >= 11 is 0. The number of phosphoric acid groups is 1. The normalized spacial score (nSPS) is 13.4. The van der Waals surface area contributed by atoms with E-state index >= 15 is 0 Å². The second-order valence-electron chi connectivity index (χ2n) is 20.3. The van der Waals surface area contributed by atoms with Crippen LogP contribution in [0.3, 0.4) is 0 Å². The number of hydrogen-bond donors (Lipinski definition) is 0. The van der Waals surface area contributed by atoms with Gasteiger partial charge in [0.05, 0.1) is 41.0 Å². The zero-order valence-electron chi connectivity index (χ0n) is 46.3. The fourth-order valence-corrected chi connectivity index (χ4v) is 8.61. The zero-order valence-corrected chi connectivity index (χ0v) is 47.2. The SMILES string of the molecule is C/C=C/C=C/C(=O)OCCCCCCCCCCCCCCCCCCC(=O)OC[C@H](COP(=O)([O-])OCC[N+](C)(C)C)OC(=O)CCCCCCCCCCCCCCCCCCOC(=O)/C=C/C=C/C. The first kappa shape index (κ1) is 68.9. The molecule has 0 saturated heterocycles. The number of nitrogens with zero attached hydrogens (tertiary/aromatic N) is 1. The molecule has 0 aromatic rings. The highest BCUT2D eigenvalue weighted by Gasteiger charge is 2.22. The molecule has 0 N–H and O–H groups in total. The van der Waals surface area contributed by atoms with Crippen molar-refractivity contribution >= 4 is 31.7 Å². The third-order valence-corrected chi connectivity index (χ3v) is 13.2. The number of phosphoric ester groups is 1. The molecule has 0 aliphatic heterocycles. The minimum absolute atomic E-state index is 0.0475. The van der Waals surface area contributed by atoms with E-state index in [1.807, 2.05) is 59.3 Å². The van der Waals surface area contributed by atoms with E-state index in [4.69, 9.17) is 28.0 Å². The van der Waals surface area contributed by atoms with Crippen molar-refractivity contribution in [3.63, 3.8) is 0 Å². The highest BCUT2D eigenvalue weighted by atomic mass is 31.2. The molecule has 0 aliphatic carbocycles. The molecule has 0 radical (unpaired) electrons. The van der Waals surface area contributed by atoms with Gasteiger partial charge in [-0.15, -0.1) is 0 Å². The van der Waals surface area contributed by atoms with Crippen molar-refractivity contribution in [2.45, 2.75) is 238 Å². The smallest absolute Gasteiger partial charge is 0.330 e. The summed E-state index contributed by atoms with van der Waals surface area (Å²) in [5.74, 6) is -1.42. The molecule has 418 valence electrons. The number of carbonyl (C=O) groups is 4. The standard InChI is InChI=1S/C58H104NO12P/c1-6-8-38-44-55(60)66-49-42-36-32-28-24-20-16-12-10-14-18-22-26-30-34-40-46-57(62)68-52-54(53-70-72(64,65)69-51-48-59(3,4)5)71-58(63)47-41-35-31-27-23-19-15-11-13-17-21-25-29-33-37-43-50-67-56(61)45-39-9-7-2/h6-9,38-39,44-45,54H,10-37,40-43,46-53H2,1-5H3/b8-6+,9-7+,44-38+,45-39+/t54-/m1/s1. The minimum atomic E-state index is -4.66. The Labute approximate surface area is 438 Å². The molecule has 14 heteroatoms. The van der Waals surface area contributed by atoms with Crippen LogP contribution in [-0.2, 0) is 51.7 Å². The maximum Gasteiger partial charge on any atom is 0.330 e. The van der Waals surface area contributed by atoms with Gasteiger partial charge in [-0.2, -0.15) is 0 Å². The lowest BCUT2D eigenvalue weighted by Crippen LogP contribution is -2.37. The number of carbonyl (C=O) groups excluding carboxylic acids is 4. The van der Waals surface area contributed by atoms with Crippen LogP contribution < -0.4 is 4.89 Å². The molecule has 0 rings (SSSR count). The van der Waals surface area contributed by atoms with E-state index in [0.717, 1.165) is 64.2 Å². The number of esters is 4. The molecule has 0 amide bonds. The molecular weight excluding hydrogens is 934 g/mol. The number of ether oxygens (including phenoxy) is 4. The molecule has 0 aromatic heterocycles. The molecule has 0 fully saturated rings. The van der Waals surface area contributed by atoms with Gasteiger partial charge in [0.15, 0.2) is 6.10 Å². The van der Waals surface area contributed by atoms with Crippen LogP contribution in [0.4, 0.5) is 0 Å². The number of quaternary nitrogens is 1. The molecule has 0 aromatic carbocycles. The maximum absolute atomic E-state index is 12.8. The molecule has 13 nitrogen and oxygen atoms in total. The average Bonchev–Trinajstić information content (AvgIpc) is 3.33. The Hall–Kier alpha value is -3.09. The number of hydrogen-bond acceptors (Lipinski definition) is 12. The molecule has 0 bridgehead atoms. The first-order valence-corrected chi connectivity index (χ1v) is 29.9. The van der Waals surface area contributed by atoms with E-state index in [1.165, 1.54) is 141 Å². The van der Waals surface area contributed by atoms with Crippen molar-refractivity contribution in [2.75, 3.05) is 60.7 Å². The predicted octanol–water partition coefficient (Wildman–Crippen LogP) is 14.3. The quantitative estimate of drug-likeness (QED) is 0.0108. The Morgan fingerprint density at radius 1 is 0.431 bits per heavy atom. The van der Waals surface area contributed by atoms with Crippen LogP contribution in [-0.4, -0.2) is 95.2 Å². The molecule has 0 aliphatic rings. The van der Waals surface area contributed by atoms with E-state index in [9.17, 15) is 28.6 Å². The third kappa shape index (κ3) is 53.2. The number of likely N-dealkylation sites (N-methyl/N-ethyl adjacent to an activating group) is 1. The minimum Gasteiger partial charge on any atom is -0.756 e. The second-order valence-corrected chi connectivity index (χ2v) is 21.7. The summed E-state index contributed by atoms with van der Waals surface area (Å²) in [5.41, 5.74) is 0. The molecule has 2 atom stereocenters. The molecule has 0 saturated carbocycles. The van der Waals surface area contributed by atoms with Gasteiger partial charge in [0.1, 0.15) is 19.8 Å².